The van der Waals surface area contributed by atoms with E-state index in [4.69, 9.17) is 16.3 Å². The second kappa shape index (κ2) is 8.56. The molecule has 1 unspecified atom stereocenters. The molecule has 0 spiro atoms. The van der Waals surface area contributed by atoms with Gasteiger partial charge in [0, 0.05) is 49.6 Å². The van der Waals surface area contributed by atoms with Crippen LogP contribution in [0.3, 0.4) is 0 Å². The Morgan fingerprint density at radius 3 is 2.47 bits per heavy atom. The van der Waals surface area contributed by atoms with Crippen molar-refractivity contribution < 1.29 is 27.8 Å². The minimum atomic E-state index is -5.07. The summed E-state index contributed by atoms with van der Waals surface area (Å²) in [5.74, 6) is -1.55. The zero-order valence-electron chi connectivity index (χ0n) is 16.4. The van der Waals surface area contributed by atoms with Crippen LogP contribution >= 0.6 is 11.6 Å². The van der Waals surface area contributed by atoms with Gasteiger partial charge in [-0.2, -0.15) is 13.2 Å². The van der Waals surface area contributed by atoms with Crippen molar-refractivity contribution >= 4 is 17.5 Å². The van der Waals surface area contributed by atoms with Crippen molar-refractivity contribution in [3.8, 4) is 0 Å². The molecule has 1 aromatic carbocycles. The van der Waals surface area contributed by atoms with Gasteiger partial charge in [-0.05, 0) is 30.5 Å². The molecular formula is C20H23ClF3N3O3. The summed E-state index contributed by atoms with van der Waals surface area (Å²) in [6.07, 6.45) is -2.65. The van der Waals surface area contributed by atoms with Crippen molar-refractivity contribution in [1.82, 2.24) is 14.9 Å². The fourth-order valence-corrected chi connectivity index (χ4v) is 3.89. The van der Waals surface area contributed by atoms with E-state index in [1.54, 1.807) is 12.1 Å². The summed E-state index contributed by atoms with van der Waals surface area (Å²) < 4.78 is 47.5. The molecule has 0 bridgehead atoms. The molecular weight excluding hydrogens is 423 g/mol. The van der Waals surface area contributed by atoms with Crippen LogP contribution in [0.4, 0.5) is 13.2 Å². The predicted octanol–water partition coefficient (Wildman–Crippen LogP) is 3.08. The van der Waals surface area contributed by atoms with Gasteiger partial charge in [0.05, 0.1) is 6.42 Å². The third kappa shape index (κ3) is 4.48. The zero-order chi connectivity index (χ0) is 22.0. The molecule has 1 aliphatic rings. The number of ether oxygens (including phenoxy) is 1. The number of imidazole rings is 1. The fraction of sp³-hybridized carbons (Fsp3) is 0.500. The molecule has 3 rings (SSSR count). The van der Waals surface area contributed by atoms with E-state index in [9.17, 15) is 23.1 Å². The van der Waals surface area contributed by atoms with Gasteiger partial charge in [0.25, 0.3) is 0 Å². The van der Waals surface area contributed by atoms with Gasteiger partial charge in [-0.25, -0.2) is 4.98 Å². The lowest BCUT2D eigenvalue weighted by molar-refractivity contribution is -0.271. The molecule has 1 atom stereocenters. The van der Waals surface area contributed by atoms with E-state index in [1.807, 2.05) is 12.1 Å². The summed E-state index contributed by atoms with van der Waals surface area (Å²) >= 11 is 5.96. The molecule has 1 aromatic heterocycles. The maximum absolute atomic E-state index is 13.7. The van der Waals surface area contributed by atoms with Gasteiger partial charge in [-0.3, -0.25) is 4.79 Å². The minimum Gasteiger partial charge on any atom is -0.381 e. The van der Waals surface area contributed by atoms with E-state index in [0.29, 0.717) is 31.1 Å². The number of rotatable bonds is 6. The monoisotopic (exact) mass is 445 g/mol. The van der Waals surface area contributed by atoms with Crippen LogP contribution in [0.5, 0.6) is 0 Å². The molecule has 2 N–H and O–H groups in total. The number of alkyl halides is 3. The van der Waals surface area contributed by atoms with Gasteiger partial charge in [-0.15, -0.1) is 0 Å². The van der Waals surface area contributed by atoms with E-state index in [-0.39, 0.29) is 6.54 Å². The van der Waals surface area contributed by atoms with Gasteiger partial charge in [0.15, 0.2) is 5.82 Å². The first-order valence-electron chi connectivity index (χ1n) is 9.45. The van der Waals surface area contributed by atoms with Gasteiger partial charge in [0.1, 0.15) is 0 Å². The summed E-state index contributed by atoms with van der Waals surface area (Å²) in [7, 11) is 1.33. The van der Waals surface area contributed by atoms with Gasteiger partial charge in [0.2, 0.25) is 11.5 Å². The molecule has 1 saturated heterocycles. The number of hydrogen-bond donors (Lipinski definition) is 2. The molecule has 0 aliphatic carbocycles. The standard InChI is InChI=1S/C20H23ClF3N3O3/c1-27-9-8-25-17(27)19(29,20(22,23)24)12-16(28)26-13-18(6-10-30-11-7-18)14-2-4-15(21)5-3-14/h2-5,8-9,29H,6-7,10-13H2,1H3,(H,26,28). The molecule has 2 aromatic rings. The number of carbonyl (C=O) groups is 1. The fourth-order valence-electron chi connectivity index (χ4n) is 3.77. The zero-order valence-corrected chi connectivity index (χ0v) is 17.1. The molecule has 2 heterocycles. The van der Waals surface area contributed by atoms with Crippen molar-refractivity contribution in [3.05, 3.63) is 53.1 Å². The highest BCUT2D eigenvalue weighted by Gasteiger charge is 2.58. The number of halogens is 4. The predicted molar refractivity (Wildman–Crippen MR) is 104 cm³/mol. The van der Waals surface area contributed by atoms with E-state index >= 15 is 0 Å². The van der Waals surface area contributed by atoms with Crippen molar-refractivity contribution in [3.63, 3.8) is 0 Å². The Kier molecular flexibility index (Phi) is 6.45. The molecule has 6 nitrogen and oxygen atoms in total. The number of benzene rings is 1. The van der Waals surface area contributed by atoms with Crippen LogP contribution < -0.4 is 5.32 Å². The Hall–Kier alpha value is -2.10. The first kappa shape index (κ1) is 22.6. The average Bonchev–Trinajstić information content (AvgIpc) is 3.13. The van der Waals surface area contributed by atoms with Gasteiger partial charge in [-0.1, -0.05) is 23.7 Å². The summed E-state index contributed by atoms with van der Waals surface area (Å²) in [6, 6.07) is 7.16. The molecule has 1 amide bonds. The molecule has 10 heteroatoms. The number of nitrogens with zero attached hydrogens (tertiary/aromatic N) is 2. The molecule has 1 aliphatic heterocycles. The number of hydrogen-bond acceptors (Lipinski definition) is 4. The van der Waals surface area contributed by atoms with Crippen molar-refractivity contribution in [2.24, 2.45) is 7.05 Å². The lowest BCUT2D eigenvalue weighted by Gasteiger charge is -2.38. The maximum atomic E-state index is 13.7. The third-order valence-electron chi connectivity index (χ3n) is 5.61. The number of aryl methyl sites for hydroxylation is 1. The van der Waals surface area contributed by atoms with Gasteiger partial charge < -0.3 is 19.7 Å². The molecule has 0 saturated carbocycles. The third-order valence-corrected chi connectivity index (χ3v) is 5.86. The largest absolute Gasteiger partial charge is 0.425 e. The van der Waals surface area contributed by atoms with Crippen LogP contribution in [0.15, 0.2) is 36.7 Å². The van der Waals surface area contributed by atoms with E-state index < -0.39 is 35.3 Å². The number of carbonyl (C=O) groups excluding carboxylic acids is 1. The second-order valence-electron chi connectivity index (χ2n) is 7.57. The second-order valence-corrected chi connectivity index (χ2v) is 8.01. The van der Waals surface area contributed by atoms with E-state index in [1.165, 1.54) is 13.2 Å². The maximum Gasteiger partial charge on any atom is 0.425 e. The Morgan fingerprint density at radius 1 is 1.30 bits per heavy atom. The number of aliphatic hydroxyl groups is 1. The normalized spacial score (nSPS) is 18.6. The number of nitrogens with one attached hydrogen (secondary N) is 1. The van der Waals surface area contributed by atoms with Gasteiger partial charge >= 0.3 is 6.18 Å². The molecule has 1 fully saturated rings. The van der Waals surface area contributed by atoms with Crippen LogP contribution in [0.1, 0.15) is 30.7 Å². The highest BCUT2D eigenvalue weighted by atomic mass is 35.5. The van der Waals surface area contributed by atoms with Crippen molar-refractivity contribution in [1.29, 1.82) is 0 Å². The summed E-state index contributed by atoms with van der Waals surface area (Å²) in [4.78, 5) is 16.1. The van der Waals surface area contributed by atoms with E-state index in [2.05, 4.69) is 10.3 Å². The quantitative estimate of drug-likeness (QED) is 0.716. The average molecular weight is 446 g/mol. The Labute approximate surface area is 177 Å². The molecule has 30 heavy (non-hydrogen) atoms. The van der Waals surface area contributed by atoms with E-state index in [0.717, 1.165) is 16.3 Å². The smallest absolute Gasteiger partial charge is 0.381 e. The SMILES string of the molecule is Cn1ccnc1C(O)(CC(=O)NCC1(c2ccc(Cl)cc2)CCOCC1)C(F)(F)F. The van der Waals surface area contributed by atoms with Crippen molar-refractivity contribution in [2.45, 2.75) is 36.5 Å². The Morgan fingerprint density at radius 2 is 1.93 bits per heavy atom. The topological polar surface area (TPSA) is 76.4 Å². The van der Waals surface area contributed by atoms with Crippen LogP contribution in [0.25, 0.3) is 0 Å². The lowest BCUT2D eigenvalue weighted by atomic mass is 9.74. The number of aromatic nitrogens is 2. The number of amides is 1. The highest BCUT2D eigenvalue weighted by Crippen LogP contribution is 2.41. The van der Waals surface area contributed by atoms with Crippen LogP contribution in [0.2, 0.25) is 5.02 Å². The lowest BCUT2D eigenvalue weighted by Crippen LogP contribution is -2.50. The first-order valence-corrected chi connectivity index (χ1v) is 9.83. The Balaban J connectivity index is 1.78. The minimum absolute atomic E-state index is 0.116. The molecule has 164 valence electrons. The van der Waals surface area contributed by atoms with Crippen LogP contribution in [-0.4, -0.2) is 46.5 Å². The Bertz CT molecular complexity index is 879. The van der Waals surface area contributed by atoms with Crippen molar-refractivity contribution in [2.75, 3.05) is 19.8 Å². The summed E-state index contributed by atoms with van der Waals surface area (Å²) in [5.41, 5.74) is -2.96. The summed E-state index contributed by atoms with van der Waals surface area (Å²) in [6.45, 7) is 1.06. The van der Waals surface area contributed by atoms with Crippen LogP contribution in [-0.2, 0) is 27.6 Å². The van der Waals surface area contributed by atoms with Crippen LogP contribution in [0, 0.1) is 0 Å². The summed E-state index contributed by atoms with van der Waals surface area (Å²) in [5, 5.41) is 13.6. The highest BCUT2D eigenvalue weighted by molar-refractivity contribution is 6.30. The first-order chi connectivity index (χ1) is 14.1. The molecule has 0 radical (unpaired) electrons.